The zero-order chi connectivity index (χ0) is 18.3. The number of benzene rings is 1. The second-order valence-electron chi connectivity index (χ2n) is 7.99. The Kier molecular flexibility index (Phi) is 7.30. The first-order valence-corrected chi connectivity index (χ1v) is 9.55. The molecule has 1 fully saturated rings. The molecule has 25 heavy (non-hydrogen) atoms. The maximum absolute atomic E-state index is 5.30. The normalized spacial score (nSPS) is 18.7. The summed E-state index contributed by atoms with van der Waals surface area (Å²) >= 11 is 0. The molecule has 1 atom stereocenters. The number of ether oxygens (including phenoxy) is 1. The van der Waals surface area contributed by atoms with Gasteiger partial charge in [-0.1, -0.05) is 45.0 Å². The van der Waals surface area contributed by atoms with Crippen LogP contribution in [0.1, 0.15) is 45.2 Å². The Balaban J connectivity index is 1.91. The molecule has 1 aromatic carbocycles. The topological polar surface area (TPSA) is 36.9 Å². The van der Waals surface area contributed by atoms with Gasteiger partial charge in [-0.15, -0.1) is 0 Å². The largest absolute Gasteiger partial charge is 0.384 e. The number of nitrogens with one attached hydrogen (secondary N) is 1. The van der Waals surface area contributed by atoms with Crippen molar-refractivity contribution < 1.29 is 4.74 Å². The van der Waals surface area contributed by atoms with Crippen molar-refractivity contribution >= 4 is 5.96 Å². The second kappa shape index (κ2) is 9.23. The van der Waals surface area contributed by atoms with E-state index in [2.05, 4.69) is 62.2 Å². The van der Waals surface area contributed by atoms with E-state index in [-0.39, 0.29) is 5.41 Å². The number of hydrogen-bond acceptors (Lipinski definition) is 2. The van der Waals surface area contributed by atoms with E-state index in [1.165, 1.54) is 17.5 Å². The number of likely N-dealkylation sites (tertiary alicyclic amines) is 1. The monoisotopic (exact) mass is 345 g/mol. The van der Waals surface area contributed by atoms with E-state index in [4.69, 9.17) is 9.73 Å². The third-order valence-electron chi connectivity index (χ3n) is 4.80. The first-order valence-electron chi connectivity index (χ1n) is 9.55. The molecule has 1 aliphatic rings. The standard InChI is InChI=1S/C21H35N3O/c1-6-22-20(24-14-12-18(15-24)16-25-5)23-13-11-17-7-9-19(10-8-17)21(2,3)4/h7-10,18H,6,11-16H2,1-5H3,(H,22,23). The Morgan fingerprint density at radius 3 is 2.60 bits per heavy atom. The van der Waals surface area contributed by atoms with Gasteiger partial charge in [-0.2, -0.15) is 0 Å². The van der Waals surface area contributed by atoms with E-state index in [1.807, 2.05) is 0 Å². The van der Waals surface area contributed by atoms with Gasteiger partial charge in [0.15, 0.2) is 5.96 Å². The molecule has 1 saturated heterocycles. The third-order valence-corrected chi connectivity index (χ3v) is 4.80. The summed E-state index contributed by atoms with van der Waals surface area (Å²) in [4.78, 5) is 7.22. The van der Waals surface area contributed by atoms with Gasteiger partial charge >= 0.3 is 0 Å². The van der Waals surface area contributed by atoms with Gasteiger partial charge in [-0.25, -0.2) is 0 Å². The van der Waals surface area contributed by atoms with Gasteiger partial charge in [0.2, 0.25) is 0 Å². The van der Waals surface area contributed by atoms with Crippen molar-refractivity contribution in [3.8, 4) is 0 Å². The average molecular weight is 346 g/mol. The minimum Gasteiger partial charge on any atom is -0.384 e. The van der Waals surface area contributed by atoms with Gasteiger partial charge in [-0.3, -0.25) is 4.99 Å². The fraction of sp³-hybridized carbons (Fsp3) is 0.667. The lowest BCUT2D eigenvalue weighted by Crippen LogP contribution is -2.40. The van der Waals surface area contributed by atoms with Crippen molar-refractivity contribution in [2.75, 3.05) is 39.9 Å². The van der Waals surface area contributed by atoms with Crippen LogP contribution < -0.4 is 5.32 Å². The highest BCUT2D eigenvalue weighted by Gasteiger charge is 2.24. The summed E-state index contributed by atoms with van der Waals surface area (Å²) < 4.78 is 5.30. The maximum Gasteiger partial charge on any atom is 0.193 e. The lowest BCUT2D eigenvalue weighted by atomic mass is 9.86. The van der Waals surface area contributed by atoms with Crippen molar-refractivity contribution in [2.45, 2.75) is 46.0 Å². The van der Waals surface area contributed by atoms with Crippen LogP contribution in [0, 0.1) is 5.92 Å². The molecule has 0 saturated carbocycles. The van der Waals surface area contributed by atoms with Crippen molar-refractivity contribution in [1.82, 2.24) is 10.2 Å². The molecule has 0 aliphatic carbocycles. The SMILES string of the molecule is CCNC(=NCCc1ccc(C(C)(C)C)cc1)N1CCC(COC)C1. The van der Waals surface area contributed by atoms with E-state index in [0.717, 1.165) is 45.2 Å². The molecule has 1 aromatic rings. The van der Waals surface area contributed by atoms with Crippen LogP contribution in [0.15, 0.2) is 29.3 Å². The summed E-state index contributed by atoms with van der Waals surface area (Å²) in [5, 5.41) is 3.44. The summed E-state index contributed by atoms with van der Waals surface area (Å²) in [7, 11) is 1.78. The van der Waals surface area contributed by atoms with Crippen LogP contribution in [0.25, 0.3) is 0 Å². The van der Waals surface area contributed by atoms with E-state index in [0.29, 0.717) is 5.92 Å². The minimum atomic E-state index is 0.212. The molecule has 0 bridgehead atoms. The number of guanidine groups is 1. The van der Waals surface area contributed by atoms with Gasteiger partial charge in [0, 0.05) is 39.2 Å². The highest BCUT2D eigenvalue weighted by atomic mass is 16.5. The number of methoxy groups -OCH3 is 1. The second-order valence-corrected chi connectivity index (χ2v) is 7.99. The molecule has 140 valence electrons. The van der Waals surface area contributed by atoms with Crippen LogP contribution in [0.4, 0.5) is 0 Å². The van der Waals surface area contributed by atoms with Crippen molar-refractivity contribution in [1.29, 1.82) is 0 Å². The predicted molar refractivity (Wildman–Crippen MR) is 106 cm³/mol. The molecule has 4 nitrogen and oxygen atoms in total. The molecule has 2 rings (SSSR count). The number of hydrogen-bond donors (Lipinski definition) is 1. The van der Waals surface area contributed by atoms with Gasteiger partial charge < -0.3 is 15.0 Å². The molecule has 0 aromatic heterocycles. The molecule has 0 radical (unpaired) electrons. The van der Waals surface area contributed by atoms with Crippen LogP contribution in [0.5, 0.6) is 0 Å². The number of rotatable bonds is 6. The lowest BCUT2D eigenvalue weighted by molar-refractivity contribution is 0.157. The number of aliphatic imine (C=N–C) groups is 1. The van der Waals surface area contributed by atoms with Crippen LogP contribution in [0.3, 0.4) is 0 Å². The maximum atomic E-state index is 5.30. The summed E-state index contributed by atoms with van der Waals surface area (Å²) in [6.07, 6.45) is 2.17. The fourth-order valence-electron chi connectivity index (χ4n) is 3.28. The van der Waals surface area contributed by atoms with E-state index >= 15 is 0 Å². The highest BCUT2D eigenvalue weighted by Crippen LogP contribution is 2.22. The Labute approximate surface area is 153 Å². The summed E-state index contributed by atoms with van der Waals surface area (Å²) in [6, 6.07) is 8.99. The smallest absolute Gasteiger partial charge is 0.193 e. The van der Waals surface area contributed by atoms with E-state index in [9.17, 15) is 0 Å². The zero-order valence-electron chi connectivity index (χ0n) is 16.6. The zero-order valence-corrected chi connectivity index (χ0v) is 16.6. The predicted octanol–water partition coefficient (Wildman–Crippen LogP) is 3.46. The molecule has 0 amide bonds. The molecule has 1 heterocycles. The third kappa shape index (κ3) is 6.03. The van der Waals surface area contributed by atoms with Crippen molar-refractivity contribution in [2.24, 2.45) is 10.9 Å². The molecular weight excluding hydrogens is 310 g/mol. The fourth-order valence-corrected chi connectivity index (χ4v) is 3.28. The minimum absolute atomic E-state index is 0.212. The van der Waals surface area contributed by atoms with Gasteiger partial charge in [-0.05, 0) is 36.3 Å². The quantitative estimate of drug-likeness (QED) is 0.634. The van der Waals surface area contributed by atoms with Crippen LogP contribution >= 0.6 is 0 Å². The molecule has 1 N–H and O–H groups in total. The average Bonchev–Trinajstić information content (AvgIpc) is 3.02. The first-order chi connectivity index (χ1) is 11.9. The lowest BCUT2D eigenvalue weighted by Gasteiger charge is -2.21. The summed E-state index contributed by atoms with van der Waals surface area (Å²) in [5.41, 5.74) is 2.95. The Morgan fingerprint density at radius 1 is 1.28 bits per heavy atom. The van der Waals surface area contributed by atoms with Gasteiger partial charge in [0.05, 0.1) is 6.61 Å². The van der Waals surface area contributed by atoms with Gasteiger partial charge in [0.1, 0.15) is 0 Å². The van der Waals surface area contributed by atoms with Crippen molar-refractivity contribution in [3.05, 3.63) is 35.4 Å². The van der Waals surface area contributed by atoms with Crippen LogP contribution in [-0.2, 0) is 16.6 Å². The molecule has 1 aliphatic heterocycles. The van der Waals surface area contributed by atoms with E-state index < -0.39 is 0 Å². The molecule has 1 unspecified atom stereocenters. The molecule has 4 heteroatoms. The van der Waals surface area contributed by atoms with Crippen LogP contribution in [0.2, 0.25) is 0 Å². The Morgan fingerprint density at radius 2 is 2.00 bits per heavy atom. The number of nitrogens with zero attached hydrogens (tertiary/aromatic N) is 2. The molecular formula is C21H35N3O. The Bertz CT molecular complexity index is 545. The van der Waals surface area contributed by atoms with E-state index in [1.54, 1.807) is 7.11 Å². The van der Waals surface area contributed by atoms with Crippen molar-refractivity contribution in [3.63, 3.8) is 0 Å². The first kappa shape index (κ1) is 19.8. The van der Waals surface area contributed by atoms with Gasteiger partial charge in [0.25, 0.3) is 0 Å². The summed E-state index contributed by atoms with van der Waals surface area (Å²) in [6.45, 7) is 13.6. The molecule has 0 spiro atoms. The van der Waals surface area contributed by atoms with Crippen LogP contribution in [-0.4, -0.2) is 50.8 Å². The highest BCUT2D eigenvalue weighted by molar-refractivity contribution is 5.80. The summed E-state index contributed by atoms with van der Waals surface area (Å²) in [5.74, 6) is 1.67. The Hall–Kier alpha value is -1.55.